The van der Waals surface area contributed by atoms with Crippen LogP contribution >= 0.6 is 23.7 Å². The van der Waals surface area contributed by atoms with E-state index < -0.39 is 0 Å². The van der Waals surface area contributed by atoms with E-state index in [0.717, 1.165) is 16.6 Å². The highest BCUT2D eigenvalue weighted by Gasteiger charge is 2.19. The van der Waals surface area contributed by atoms with Gasteiger partial charge in [0.1, 0.15) is 11.5 Å². The van der Waals surface area contributed by atoms with Gasteiger partial charge in [0.05, 0.1) is 43.5 Å². The van der Waals surface area contributed by atoms with E-state index >= 15 is 0 Å². The number of hydrogen-bond acceptors (Lipinski definition) is 11. The number of anilines is 1. The van der Waals surface area contributed by atoms with Gasteiger partial charge in [-0.25, -0.2) is 15.0 Å². The molecule has 0 aliphatic heterocycles. The van der Waals surface area contributed by atoms with E-state index in [1.54, 1.807) is 20.3 Å². The normalized spacial score (nSPS) is 12.2. The summed E-state index contributed by atoms with van der Waals surface area (Å²) >= 11 is 6.78. The molecule has 2 N–H and O–H groups in total. The first-order valence-electron chi connectivity index (χ1n) is 9.33. The van der Waals surface area contributed by atoms with E-state index in [0.29, 0.717) is 53.8 Å². The Bertz CT molecular complexity index is 975. The molecule has 11 nitrogen and oxygen atoms in total. The van der Waals surface area contributed by atoms with Crippen molar-refractivity contribution in [3.8, 4) is 17.4 Å². The largest absolute Gasteiger partial charge is 0.481 e. The van der Waals surface area contributed by atoms with Crippen LogP contribution in [-0.2, 0) is 17.7 Å². The Hall–Kier alpha value is -2.51. The molecule has 31 heavy (non-hydrogen) atoms. The standard InChI is InChI=1S/C18H23ClN8O3S/c1-12(9-15-20-10-13(19)11-21-15)27(28)31-25-18-24-23-17(26(18)7-8-29-2)14-5-4-6-16(22-14)30-3/h4-6,10-12,28H,7-9H2,1-3H3,(H,24,25). The molecule has 3 rings (SSSR count). The predicted molar refractivity (Wildman–Crippen MR) is 117 cm³/mol. The first-order chi connectivity index (χ1) is 15.0. The van der Waals surface area contributed by atoms with Gasteiger partial charge in [-0.3, -0.25) is 9.29 Å². The molecule has 0 aliphatic rings. The van der Waals surface area contributed by atoms with Crippen molar-refractivity contribution in [1.29, 1.82) is 0 Å². The molecule has 0 spiro atoms. The molecule has 0 amide bonds. The maximum atomic E-state index is 10.4. The average molecular weight is 467 g/mol. The lowest BCUT2D eigenvalue weighted by Crippen LogP contribution is -2.28. The van der Waals surface area contributed by atoms with Crippen molar-refractivity contribution in [2.45, 2.75) is 25.9 Å². The summed E-state index contributed by atoms with van der Waals surface area (Å²) < 4.78 is 16.3. The topological polar surface area (TPSA) is 123 Å². The molecule has 0 saturated carbocycles. The maximum absolute atomic E-state index is 10.4. The van der Waals surface area contributed by atoms with Gasteiger partial charge in [0.25, 0.3) is 0 Å². The highest BCUT2D eigenvalue weighted by Crippen LogP contribution is 2.24. The van der Waals surface area contributed by atoms with Gasteiger partial charge < -0.3 is 14.7 Å². The minimum absolute atomic E-state index is 0.284. The molecule has 166 valence electrons. The van der Waals surface area contributed by atoms with Gasteiger partial charge in [0, 0.05) is 32.0 Å². The Morgan fingerprint density at radius 1 is 1.26 bits per heavy atom. The second-order valence-corrected chi connectivity index (χ2v) is 7.62. The van der Waals surface area contributed by atoms with Gasteiger partial charge in [-0.15, -0.1) is 14.7 Å². The van der Waals surface area contributed by atoms with Crippen LogP contribution in [0.1, 0.15) is 12.7 Å². The highest BCUT2D eigenvalue weighted by molar-refractivity contribution is 7.98. The summed E-state index contributed by atoms with van der Waals surface area (Å²) in [5.41, 5.74) is 0.607. The summed E-state index contributed by atoms with van der Waals surface area (Å²) in [6.45, 7) is 2.77. The summed E-state index contributed by atoms with van der Waals surface area (Å²) in [4.78, 5) is 12.7. The van der Waals surface area contributed by atoms with Crippen molar-refractivity contribution in [3.63, 3.8) is 0 Å². The number of hydrogen-bond donors (Lipinski definition) is 2. The van der Waals surface area contributed by atoms with Crippen LogP contribution in [0.2, 0.25) is 5.02 Å². The fourth-order valence-electron chi connectivity index (χ4n) is 2.58. The smallest absolute Gasteiger partial charge is 0.236 e. The molecular formula is C18H23ClN8O3S. The highest BCUT2D eigenvalue weighted by atomic mass is 35.5. The first kappa shape index (κ1) is 23.2. The lowest BCUT2D eigenvalue weighted by Gasteiger charge is -2.20. The molecule has 0 aliphatic carbocycles. The third-order valence-electron chi connectivity index (χ3n) is 4.19. The quantitative estimate of drug-likeness (QED) is 0.320. The zero-order valence-corrected chi connectivity index (χ0v) is 18.8. The Labute approximate surface area is 189 Å². The fraction of sp³-hybridized carbons (Fsp3) is 0.389. The minimum atomic E-state index is -0.284. The van der Waals surface area contributed by atoms with E-state index in [1.165, 1.54) is 12.4 Å². The van der Waals surface area contributed by atoms with E-state index in [4.69, 9.17) is 21.1 Å². The molecule has 1 atom stereocenters. The molecule has 0 fully saturated rings. The number of aromatic nitrogens is 6. The summed E-state index contributed by atoms with van der Waals surface area (Å²) in [6.07, 6.45) is 3.48. The Balaban J connectivity index is 1.69. The van der Waals surface area contributed by atoms with Crippen molar-refractivity contribution in [2.75, 3.05) is 25.5 Å². The van der Waals surface area contributed by atoms with Crippen molar-refractivity contribution >= 4 is 29.7 Å². The fourth-order valence-corrected chi connectivity index (χ4v) is 3.26. The van der Waals surface area contributed by atoms with Crippen LogP contribution in [-0.4, -0.2) is 66.3 Å². The zero-order chi connectivity index (χ0) is 22.2. The number of ether oxygens (including phenoxy) is 2. The average Bonchev–Trinajstić information content (AvgIpc) is 3.20. The molecule has 3 heterocycles. The van der Waals surface area contributed by atoms with Crippen LogP contribution in [0.5, 0.6) is 5.88 Å². The molecule has 0 radical (unpaired) electrons. The van der Waals surface area contributed by atoms with Crippen LogP contribution in [0, 0.1) is 0 Å². The molecule has 3 aromatic rings. The summed E-state index contributed by atoms with van der Waals surface area (Å²) in [5, 5.41) is 19.3. The molecule has 0 bridgehead atoms. The van der Waals surface area contributed by atoms with Gasteiger partial charge in [0.15, 0.2) is 5.82 Å². The lowest BCUT2D eigenvalue weighted by atomic mass is 10.2. The summed E-state index contributed by atoms with van der Waals surface area (Å²) in [6, 6.07) is 5.12. The van der Waals surface area contributed by atoms with Crippen molar-refractivity contribution < 1.29 is 14.7 Å². The van der Waals surface area contributed by atoms with E-state index in [-0.39, 0.29) is 6.04 Å². The zero-order valence-electron chi connectivity index (χ0n) is 17.3. The van der Waals surface area contributed by atoms with Gasteiger partial charge in [-0.2, -0.15) is 0 Å². The van der Waals surface area contributed by atoms with Gasteiger partial charge in [-0.1, -0.05) is 17.7 Å². The summed E-state index contributed by atoms with van der Waals surface area (Å²) in [5.74, 6) is 2.04. The van der Waals surface area contributed by atoms with Gasteiger partial charge in [-0.05, 0) is 13.0 Å². The Morgan fingerprint density at radius 2 is 2.03 bits per heavy atom. The predicted octanol–water partition coefficient (Wildman–Crippen LogP) is 2.74. The number of nitrogens with zero attached hydrogens (tertiary/aromatic N) is 7. The lowest BCUT2D eigenvalue weighted by molar-refractivity contribution is -0.0169. The molecule has 13 heteroatoms. The maximum Gasteiger partial charge on any atom is 0.236 e. The molecule has 0 aromatic carbocycles. The number of pyridine rings is 1. The van der Waals surface area contributed by atoms with Crippen LogP contribution < -0.4 is 9.46 Å². The van der Waals surface area contributed by atoms with Crippen molar-refractivity contribution in [2.24, 2.45) is 0 Å². The third-order valence-corrected chi connectivity index (χ3v) is 5.21. The monoisotopic (exact) mass is 466 g/mol. The van der Waals surface area contributed by atoms with E-state index in [2.05, 4.69) is 29.9 Å². The molecule has 3 aromatic heterocycles. The number of halogens is 1. The third kappa shape index (κ3) is 6.24. The second-order valence-electron chi connectivity index (χ2n) is 6.42. The number of rotatable bonds is 11. The summed E-state index contributed by atoms with van der Waals surface area (Å²) in [7, 11) is 3.17. The van der Waals surface area contributed by atoms with E-state index in [1.807, 2.05) is 23.6 Å². The number of methoxy groups -OCH3 is 2. The van der Waals surface area contributed by atoms with Gasteiger partial charge >= 0.3 is 0 Å². The van der Waals surface area contributed by atoms with Crippen LogP contribution in [0.25, 0.3) is 11.5 Å². The molecular weight excluding hydrogens is 444 g/mol. The number of nitrogens with one attached hydrogen (secondary N) is 1. The minimum Gasteiger partial charge on any atom is -0.481 e. The van der Waals surface area contributed by atoms with E-state index in [9.17, 15) is 5.21 Å². The van der Waals surface area contributed by atoms with Gasteiger partial charge in [0.2, 0.25) is 11.8 Å². The molecule has 1 unspecified atom stereocenters. The van der Waals surface area contributed by atoms with Crippen LogP contribution in [0.4, 0.5) is 5.95 Å². The Kier molecular flexibility index (Phi) is 8.37. The number of hydroxylamine groups is 1. The van der Waals surface area contributed by atoms with Crippen molar-refractivity contribution in [3.05, 3.63) is 41.4 Å². The van der Waals surface area contributed by atoms with Crippen LogP contribution in [0.3, 0.4) is 0 Å². The first-order valence-corrected chi connectivity index (χ1v) is 10.5. The van der Waals surface area contributed by atoms with Crippen LogP contribution in [0.15, 0.2) is 30.6 Å². The molecule has 0 saturated heterocycles. The Morgan fingerprint density at radius 3 is 2.74 bits per heavy atom. The SMILES string of the molecule is COCCn1c(NSN(O)C(C)Cc2ncc(Cl)cn2)nnc1-c1cccc(OC)n1. The van der Waals surface area contributed by atoms with Crippen molar-refractivity contribution in [1.82, 2.24) is 34.2 Å². The second kappa shape index (κ2) is 11.2.